The second-order valence-electron chi connectivity index (χ2n) is 4.09. The molecule has 0 aliphatic rings. The van der Waals surface area contributed by atoms with E-state index in [0.29, 0.717) is 6.54 Å². The van der Waals surface area contributed by atoms with Crippen molar-refractivity contribution in [1.29, 1.82) is 0 Å². The summed E-state index contributed by atoms with van der Waals surface area (Å²) in [5, 5.41) is 1.18. The molecule has 4 heteroatoms. The summed E-state index contributed by atoms with van der Waals surface area (Å²) in [6, 6.07) is 8.19. The Balaban J connectivity index is 2.22. The van der Waals surface area contributed by atoms with Crippen molar-refractivity contribution >= 4 is 32.8 Å². The van der Waals surface area contributed by atoms with Crippen LogP contribution in [0.25, 0.3) is 10.9 Å². The highest BCUT2D eigenvalue weighted by molar-refractivity contribution is 9.10. The van der Waals surface area contributed by atoms with Gasteiger partial charge in [-0.3, -0.25) is 4.79 Å². The molecule has 2 aromatic rings. The number of fused-ring (bicyclic) bond motifs is 1. The molecule has 17 heavy (non-hydrogen) atoms. The molecule has 0 spiro atoms. The zero-order chi connectivity index (χ0) is 12.4. The predicted molar refractivity (Wildman–Crippen MR) is 70.9 cm³/mol. The maximum absolute atomic E-state index is 10.9. The fourth-order valence-corrected chi connectivity index (χ4v) is 2.31. The zero-order valence-corrected chi connectivity index (χ0v) is 11.4. The van der Waals surface area contributed by atoms with Gasteiger partial charge in [-0.25, -0.2) is 0 Å². The molecular formula is C13H14BrNO2. The topological polar surface area (TPSA) is 31.2 Å². The Bertz CT molecular complexity index is 547. The lowest BCUT2D eigenvalue weighted by molar-refractivity contribution is -0.145. The highest BCUT2D eigenvalue weighted by atomic mass is 79.9. The summed E-state index contributed by atoms with van der Waals surface area (Å²) in [5.41, 5.74) is 1.15. The van der Waals surface area contributed by atoms with E-state index in [4.69, 9.17) is 4.74 Å². The van der Waals surface area contributed by atoms with Crippen molar-refractivity contribution in [2.24, 2.45) is 0 Å². The molecule has 0 aliphatic carbocycles. The van der Waals surface area contributed by atoms with Gasteiger partial charge < -0.3 is 9.30 Å². The first kappa shape index (κ1) is 12.2. The second kappa shape index (κ2) is 4.92. The molecule has 0 N–H and O–H groups in total. The van der Waals surface area contributed by atoms with Crippen molar-refractivity contribution in [3.8, 4) is 0 Å². The maximum atomic E-state index is 10.9. The largest absolute Gasteiger partial charge is 0.461 e. The number of hydrogen-bond acceptors (Lipinski definition) is 2. The van der Waals surface area contributed by atoms with E-state index in [1.165, 1.54) is 12.3 Å². The van der Waals surface area contributed by atoms with E-state index in [9.17, 15) is 4.79 Å². The molecule has 0 saturated carbocycles. The number of esters is 1. The SMILES string of the molecule is CC(=O)O[C@H](C)Cn1ccc2cc(Br)ccc21. The van der Waals surface area contributed by atoms with E-state index in [2.05, 4.69) is 38.7 Å². The third-order valence-electron chi connectivity index (χ3n) is 2.55. The Morgan fingerprint density at radius 3 is 2.94 bits per heavy atom. The van der Waals surface area contributed by atoms with E-state index in [1.54, 1.807) is 0 Å². The quantitative estimate of drug-likeness (QED) is 0.813. The van der Waals surface area contributed by atoms with Gasteiger partial charge in [-0.2, -0.15) is 0 Å². The molecule has 0 saturated heterocycles. The average molecular weight is 296 g/mol. The van der Waals surface area contributed by atoms with Crippen LogP contribution in [0.1, 0.15) is 13.8 Å². The summed E-state index contributed by atoms with van der Waals surface area (Å²) in [6.45, 7) is 4.00. The molecule has 1 aromatic carbocycles. The van der Waals surface area contributed by atoms with Gasteiger partial charge >= 0.3 is 5.97 Å². The first-order chi connectivity index (χ1) is 8.06. The van der Waals surface area contributed by atoms with Crippen LogP contribution in [0.2, 0.25) is 0 Å². The number of halogens is 1. The van der Waals surface area contributed by atoms with Gasteiger partial charge in [-0.05, 0) is 31.2 Å². The molecular weight excluding hydrogens is 282 g/mol. The van der Waals surface area contributed by atoms with Gasteiger partial charge in [0.25, 0.3) is 0 Å². The van der Waals surface area contributed by atoms with Crippen LogP contribution in [0.5, 0.6) is 0 Å². The number of nitrogens with zero attached hydrogens (tertiary/aromatic N) is 1. The number of hydrogen-bond donors (Lipinski definition) is 0. The van der Waals surface area contributed by atoms with Gasteiger partial charge in [0.15, 0.2) is 0 Å². The van der Waals surface area contributed by atoms with E-state index in [-0.39, 0.29) is 12.1 Å². The Labute approximate surface area is 108 Å². The Kier molecular flexibility index (Phi) is 3.52. The van der Waals surface area contributed by atoms with Crippen LogP contribution in [0, 0.1) is 0 Å². The molecule has 0 unspecified atom stereocenters. The summed E-state index contributed by atoms with van der Waals surface area (Å²) in [6.07, 6.45) is 1.89. The third kappa shape index (κ3) is 2.88. The molecule has 90 valence electrons. The van der Waals surface area contributed by atoms with Gasteiger partial charge in [0, 0.05) is 28.5 Å². The first-order valence-corrected chi connectivity index (χ1v) is 6.27. The Hall–Kier alpha value is -1.29. The number of ether oxygens (including phenoxy) is 1. The standard InChI is InChI=1S/C13H14BrNO2/c1-9(17-10(2)16)8-15-6-5-11-7-12(14)3-4-13(11)15/h3-7,9H,8H2,1-2H3/t9-/m1/s1. The monoisotopic (exact) mass is 295 g/mol. The number of rotatable bonds is 3. The van der Waals surface area contributed by atoms with Crippen LogP contribution in [-0.2, 0) is 16.1 Å². The lowest BCUT2D eigenvalue weighted by atomic mass is 10.2. The minimum atomic E-state index is -0.239. The van der Waals surface area contributed by atoms with Crippen LogP contribution >= 0.6 is 15.9 Å². The van der Waals surface area contributed by atoms with Gasteiger partial charge in [-0.1, -0.05) is 15.9 Å². The smallest absolute Gasteiger partial charge is 0.302 e. The van der Waals surface area contributed by atoms with Gasteiger partial charge in [0.05, 0.1) is 6.54 Å². The highest BCUT2D eigenvalue weighted by Gasteiger charge is 2.08. The second-order valence-corrected chi connectivity index (χ2v) is 5.01. The van der Waals surface area contributed by atoms with Gasteiger partial charge in [0.1, 0.15) is 6.10 Å². The minimum absolute atomic E-state index is 0.119. The number of aromatic nitrogens is 1. The summed E-state index contributed by atoms with van der Waals surface area (Å²) in [4.78, 5) is 10.9. The van der Waals surface area contributed by atoms with E-state index >= 15 is 0 Å². The number of carbonyl (C=O) groups is 1. The molecule has 1 atom stereocenters. The molecule has 2 rings (SSSR count). The third-order valence-corrected chi connectivity index (χ3v) is 3.05. The summed E-state index contributed by atoms with van der Waals surface area (Å²) in [7, 11) is 0. The molecule has 1 aromatic heterocycles. The van der Waals surface area contributed by atoms with Crippen molar-refractivity contribution in [3.05, 3.63) is 34.9 Å². The number of carbonyl (C=O) groups excluding carboxylic acids is 1. The fourth-order valence-electron chi connectivity index (χ4n) is 1.93. The van der Waals surface area contributed by atoms with Crippen molar-refractivity contribution in [2.45, 2.75) is 26.5 Å². The minimum Gasteiger partial charge on any atom is -0.461 e. The normalized spacial score (nSPS) is 12.6. The van der Waals surface area contributed by atoms with Crippen LogP contribution in [-0.4, -0.2) is 16.6 Å². The van der Waals surface area contributed by atoms with Crippen molar-refractivity contribution in [3.63, 3.8) is 0 Å². The molecule has 3 nitrogen and oxygen atoms in total. The van der Waals surface area contributed by atoms with E-state index in [0.717, 1.165) is 9.99 Å². The van der Waals surface area contributed by atoms with Crippen LogP contribution in [0.15, 0.2) is 34.9 Å². The zero-order valence-electron chi connectivity index (χ0n) is 9.81. The lowest BCUT2D eigenvalue weighted by Gasteiger charge is -2.13. The Morgan fingerprint density at radius 2 is 2.24 bits per heavy atom. The predicted octanol–water partition coefficient (Wildman–Crippen LogP) is 3.36. The molecule has 0 radical (unpaired) electrons. The van der Waals surface area contributed by atoms with E-state index < -0.39 is 0 Å². The van der Waals surface area contributed by atoms with Crippen molar-refractivity contribution < 1.29 is 9.53 Å². The molecule has 1 heterocycles. The number of benzene rings is 1. The molecule has 0 fully saturated rings. The van der Waals surface area contributed by atoms with Crippen LogP contribution in [0.3, 0.4) is 0 Å². The summed E-state index contributed by atoms with van der Waals surface area (Å²) >= 11 is 3.45. The molecule has 0 amide bonds. The molecule has 0 bridgehead atoms. The van der Waals surface area contributed by atoms with Crippen LogP contribution in [0.4, 0.5) is 0 Å². The Morgan fingerprint density at radius 1 is 1.47 bits per heavy atom. The van der Waals surface area contributed by atoms with Crippen molar-refractivity contribution in [1.82, 2.24) is 4.57 Å². The highest BCUT2D eigenvalue weighted by Crippen LogP contribution is 2.21. The van der Waals surface area contributed by atoms with Gasteiger partial charge in [0.2, 0.25) is 0 Å². The van der Waals surface area contributed by atoms with Crippen molar-refractivity contribution in [2.75, 3.05) is 0 Å². The molecule has 0 aliphatic heterocycles. The average Bonchev–Trinajstić information content (AvgIpc) is 2.59. The summed E-state index contributed by atoms with van der Waals surface area (Å²) < 4.78 is 8.29. The maximum Gasteiger partial charge on any atom is 0.302 e. The van der Waals surface area contributed by atoms with E-state index in [1.807, 2.05) is 19.2 Å². The van der Waals surface area contributed by atoms with Crippen LogP contribution < -0.4 is 0 Å². The fraction of sp³-hybridized carbons (Fsp3) is 0.308. The lowest BCUT2D eigenvalue weighted by Crippen LogP contribution is -2.18. The first-order valence-electron chi connectivity index (χ1n) is 5.48. The summed E-state index contributed by atoms with van der Waals surface area (Å²) in [5.74, 6) is -0.239. The van der Waals surface area contributed by atoms with Gasteiger partial charge in [-0.15, -0.1) is 0 Å².